The van der Waals surface area contributed by atoms with Crippen molar-refractivity contribution in [2.45, 2.75) is 51.7 Å². The number of ether oxygens (including phenoxy) is 1. The predicted molar refractivity (Wildman–Crippen MR) is 181 cm³/mol. The monoisotopic (exact) mass is 634 g/mol. The maximum atomic E-state index is 13.7. The Morgan fingerprint density at radius 1 is 0.978 bits per heavy atom. The number of hydrazine groups is 1. The van der Waals surface area contributed by atoms with Gasteiger partial charge in [0.1, 0.15) is 12.4 Å². The van der Waals surface area contributed by atoms with Crippen LogP contribution in [-0.4, -0.2) is 28.6 Å². The zero-order valence-electron chi connectivity index (χ0n) is 25.5. The number of benzene rings is 4. The highest BCUT2D eigenvalue weighted by Gasteiger charge is 2.30. The number of H-pyrrole nitrogens is 1. The number of fused-ring (bicyclic) bond motifs is 2. The van der Waals surface area contributed by atoms with Crippen molar-refractivity contribution < 1.29 is 19.2 Å². The van der Waals surface area contributed by atoms with E-state index in [1.54, 1.807) is 18.2 Å². The molecule has 0 radical (unpaired) electrons. The highest BCUT2D eigenvalue weighted by molar-refractivity contribution is 6.31. The molecule has 0 fully saturated rings. The molecule has 1 aliphatic rings. The van der Waals surface area contributed by atoms with E-state index in [2.05, 4.69) is 17.5 Å². The Morgan fingerprint density at radius 3 is 2.54 bits per heavy atom. The van der Waals surface area contributed by atoms with Crippen molar-refractivity contribution >= 4 is 45.8 Å². The second kappa shape index (κ2) is 14.5. The standard InChI is InChI=1S/C37H35ClN4O4/c1-2-3-6-15-35(43)42-34-19-16-28(38)21-31(34)36(26-13-9-5-10-14-26)40-33(37(44)46-41-42)20-27-23-39-32-22-29(17-18-30(27)32)45-24-25-11-7-4-8-12-25/h4-5,7-14,16-19,21-23,33,39,41H,2-3,6,15,20,24H2,1H3/b40-36+/t33-/m0/s1. The van der Waals surface area contributed by atoms with Crippen LogP contribution in [0.25, 0.3) is 10.9 Å². The number of amides is 1. The van der Waals surface area contributed by atoms with Crippen molar-refractivity contribution in [3.05, 3.63) is 131 Å². The number of aromatic amines is 1. The molecule has 0 saturated heterocycles. The Balaban J connectivity index is 1.35. The number of hydrogen-bond donors (Lipinski definition) is 2. The summed E-state index contributed by atoms with van der Waals surface area (Å²) in [5, 5.41) is 2.72. The Labute approximate surface area is 272 Å². The molecule has 0 unspecified atom stereocenters. The lowest BCUT2D eigenvalue weighted by molar-refractivity contribution is -0.154. The number of anilines is 1. The zero-order chi connectivity index (χ0) is 31.9. The fraction of sp³-hybridized carbons (Fsp3) is 0.216. The molecule has 234 valence electrons. The van der Waals surface area contributed by atoms with Crippen LogP contribution in [0.1, 0.15) is 54.9 Å². The predicted octanol–water partition coefficient (Wildman–Crippen LogP) is 7.74. The number of unbranched alkanes of at least 4 members (excludes halogenated alkanes) is 2. The number of halogens is 1. The molecule has 0 bridgehead atoms. The van der Waals surface area contributed by atoms with Crippen LogP contribution in [0.15, 0.2) is 108 Å². The lowest BCUT2D eigenvalue weighted by Crippen LogP contribution is -2.45. The smallest absolute Gasteiger partial charge is 0.351 e. The number of carbonyl (C=O) groups excluding carboxylic acids is 2. The van der Waals surface area contributed by atoms with Gasteiger partial charge in [-0.15, -0.1) is 0 Å². The normalized spacial score (nSPS) is 16.0. The molecule has 0 spiro atoms. The van der Waals surface area contributed by atoms with Gasteiger partial charge in [0, 0.05) is 52.2 Å². The molecule has 4 aromatic carbocycles. The highest BCUT2D eigenvalue weighted by atomic mass is 35.5. The van der Waals surface area contributed by atoms with E-state index < -0.39 is 12.0 Å². The van der Waals surface area contributed by atoms with Gasteiger partial charge in [0.2, 0.25) is 5.91 Å². The molecular formula is C37H35ClN4O4. The van der Waals surface area contributed by atoms with Gasteiger partial charge in [-0.3, -0.25) is 9.79 Å². The van der Waals surface area contributed by atoms with Gasteiger partial charge in [-0.1, -0.05) is 97.6 Å². The van der Waals surface area contributed by atoms with E-state index in [1.807, 2.05) is 85.1 Å². The summed E-state index contributed by atoms with van der Waals surface area (Å²) in [5.74, 6) is -0.106. The van der Waals surface area contributed by atoms with E-state index in [-0.39, 0.29) is 18.7 Å². The van der Waals surface area contributed by atoms with Gasteiger partial charge >= 0.3 is 5.97 Å². The molecule has 9 heteroatoms. The first-order valence-electron chi connectivity index (χ1n) is 15.5. The van der Waals surface area contributed by atoms with E-state index in [0.717, 1.165) is 46.2 Å². The quantitative estimate of drug-likeness (QED) is 0.153. The van der Waals surface area contributed by atoms with Crippen LogP contribution in [-0.2, 0) is 27.5 Å². The molecule has 0 aliphatic carbocycles. The summed E-state index contributed by atoms with van der Waals surface area (Å²) in [4.78, 5) is 41.1. The zero-order valence-corrected chi connectivity index (χ0v) is 26.3. The largest absolute Gasteiger partial charge is 0.489 e. The van der Waals surface area contributed by atoms with Crippen LogP contribution >= 0.6 is 11.6 Å². The average Bonchev–Trinajstić information content (AvgIpc) is 3.50. The molecule has 1 amide bonds. The fourth-order valence-corrected chi connectivity index (χ4v) is 5.70. The van der Waals surface area contributed by atoms with E-state index in [9.17, 15) is 9.59 Å². The Hall–Kier alpha value is -4.92. The molecular weight excluding hydrogens is 600 g/mol. The van der Waals surface area contributed by atoms with Crippen LogP contribution in [0.2, 0.25) is 5.02 Å². The molecule has 6 rings (SSSR count). The fourth-order valence-electron chi connectivity index (χ4n) is 5.53. The molecule has 5 aromatic rings. The minimum Gasteiger partial charge on any atom is -0.489 e. The lowest BCUT2D eigenvalue weighted by atomic mass is 9.98. The summed E-state index contributed by atoms with van der Waals surface area (Å²) in [7, 11) is 0. The van der Waals surface area contributed by atoms with Crippen molar-refractivity contribution in [2.24, 2.45) is 4.99 Å². The van der Waals surface area contributed by atoms with Gasteiger partial charge in [-0.2, -0.15) is 0 Å². The Bertz CT molecular complexity index is 1860. The van der Waals surface area contributed by atoms with Crippen molar-refractivity contribution in [2.75, 3.05) is 5.01 Å². The number of nitrogens with zero attached hydrogens (tertiary/aromatic N) is 2. The molecule has 1 aliphatic heterocycles. The van der Waals surface area contributed by atoms with E-state index in [0.29, 0.717) is 35.0 Å². The molecule has 2 N–H and O–H groups in total. The molecule has 0 saturated carbocycles. The second-order valence-electron chi connectivity index (χ2n) is 11.2. The van der Waals surface area contributed by atoms with Crippen LogP contribution in [0, 0.1) is 0 Å². The topological polar surface area (TPSA) is 96.0 Å². The summed E-state index contributed by atoms with van der Waals surface area (Å²) < 4.78 is 6.02. The summed E-state index contributed by atoms with van der Waals surface area (Å²) >= 11 is 6.52. The van der Waals surface area contributed by atoms with Gasteiger partial charge < -0.3 is 14.6 Å². The highest BCUT2D eigenvalue weighted by Crippen LogP contribution is 2.31. The van der Waals surface area contributed by atoms with Crippen LogP contribution in [0.3, 0.4) is 0 Å². The first kappa shape index (κ1) is 31.1. The minimum atomic E-state index is -0.933. The van der Waals surface area contributed by atoms with Crippen molar-refractivity contribution in [3.63, 3.8) is 0 Å². The molecule has 8 nitrogen and oxygen atoms in total. The first-order chi connectivity index (χ1) is 22.5. The molecule has 1 aromatic heterocycles. The van der Waals surface area contributed by atoms with Crippen LogP contribution < -0.4 is 15.3 Å². The third kappa shape index (κ3) is 7.14. The molecule has 2 heterocycles. The summed E-state index contributed by atoms with van der Waals surface area (Å²) in [6.45, 7) is 2.54. The SMILES string of the molecule is CCCCCC(=O)N1NOC(=O)[C@H](Cc2c[nH]c3cc(OCc4ccccc4)ccc23)/N=C(\c2ccccc2)c2cc(Cl)ccc21. The maximum absolute atomic E-state index is 13.7. The number of aliphatic imine (C=N–C) groups is 1. The summed E-state index contributed by atoms with van der Waals surface area (Å²) in [5.41, 5.74) is 7.93. The van der Waals surface area contributed by atoms with E-state index in [4.69, 9.17) is 26.2 Å². The van der Waals surface area contributed by atoms with Crippen molar-refractivity contribution in [3.8, 4) is 5.75 Å². The Kier molecular flexibility index (Phi) is 9.76. The average molecular weight is 635 g/mol. The third-order valence-electron chi connectivity index (χ3n) is 7.94. The first-order valence-corrected chi connectivity index (χ1v) is 15.9. The molecule has 46 heavy (non-hydrogen) atoms. The van der Waals surface area contributed by atoms with Gasteiger partial charge in [0.15, 0.2) is 6.04 Å². The van der Waals surface area contributed by atoms with Crippen molar-refractivity contribution in [1.29, 1.82) is 0 Å². The third-order valence-corrected chi connectivity index (χ3v) is 8.18. The number of nitrogens with one attached hydrogen (secondary N) is 2. The number of hydrogen-bond acceptors (Lipinski definition) is 6. The lowest BCUT2D eigenvalue weighted by Gasteiger charge is -2.24. The second-order valence-corrected chi connectivity index (χ2v) is 11.7. The van der Waals surface area contributed by atoms with Gasteiger partial charge in [0.25, 0.3) is 0 Å². The van der Waals surface area contributed by atoms with Crippen LogP contribution in [0.5, 0.6) is 5.75 Å². The summed E-state index contributed by atoms with van der Waals surface area (Å²) in [6.07, 6.45) is 5.02. The maximum Gasteiger partial charge on any atom is 0.351 e. The summed E-state index contributed by atoms with van der Waals surface area (Å²) in [6, 6.07) is 29.7. The Morgan fingerprint density at radius 2 is 1.76 bits per heavy atom. The van der Waals surface area contributed by atoms with E-state index in [1.165, 1.54) is 5.01 Å². The van der Waals surface area contributed by atoms with Gasteiger partial charge in [-0.25, -0.2) is 9.80 Å². The van der Waals surface area contributed by atoms with Crippen molar-refractivity contribution in [1.82, 2.24) is 10.6 Å². The van der Waals surface area contributed by atoms with Crippen LogP contribution in [0.4, 0.5) is 5.69 Å². The number of rotatable bonds is 10. The van der Waals surface area contributed by atoms with Gasteiger partial charge in [-0.05, 0) is 47.9 Å². The van der Waals surface area contributed by atoms with E-state index >= 15 is 0 Å². The minimum absolute atomic E-state index is 0.224. The van der Waals surface area contributed by atoms with Gasteiger partial charge in [0.05, 0.1) is 11.4 Å². The number of carbonyl (C=O) groups is 2. The molecule has 1 atom stereocenters. The number of aromatic nitrogens is 1.